The molecule has 66 heavy (non-hydrogen) atoms. The van der Waals surface area contributed by atoms with Crippen molar-refractivity contribution in [1.29, 1.82) is 0 Å². The third-order valence-electron chi connectivity index (χ3n) is 13.5. The van der Waals surface area contributed by atoms with E-state index in [-0.39, 0.29) is 19.1 Å². The number of likely N-dealkylation sites (N-methyl/N-ethyl adjacent to an activating group) is 1. The Morgan fingerprint density at radius 1 is 0.515 bits per heavy atom. The maximum absolute atomic E-state index is 12.9. The van der Waals surface area contributed by atoms with Gasteiger partial charge in [0.1, 0.15) is 13.2 Å². The van der Waals surface area contributed by atoms with E-state index in [0.717, 1.165) is 38.5 Å². The number of hydrogen-bond donors (Lipinski definition) is 2. The van der Waals surface area contributed by atoms with Crippen molar-refractivity contribution in [2.24, 2.45) is 0 Å². The van der Waals surface area contributed by atoms with E-state index in [2.05, 4.69) is 31.3 Å². The highest BCUT2D eigenvalue weighted by Crippen LogP contribution is 2.38. The van der Waals surface area contributed by atoms with Crippen LogP contribution in [0.5, 0.6) is 0 Å². The summed E-state index contributed by atoms with van der Waals surface area (Å²) in [4.78, 5) is 25.4. The Morgan fingerprint density at radius 3 is 1.18 bits per heavy atom. The zero-order chi connectivity index (χ0) is 48.5. The van der Waals surface area contributed by atoms with Crippen LogP contribution in [0.2, 0.25) is 0 Å². The predicted octanol–water partition coefficient (Wildman–Crippen LogP) is 16.8. The van der Waals surface area contributed by atoms with Crippen molar-refractivity contribution in [3.05, 3.63) is 12.2 Å². The molecule has 0 aromatic heterocycles. The molecular weight excluding hydrogens is 840 g/mol. The Balaban J connectivity index is 3.81. The van der Waals surface area contributed by atoms with Crippen LogP contribution in [0.25, 0.3) is 0 Å². The Hall–Kier alpha value is -0.760. The van der Waals surface area contributed by atoms with Gasteiger partial charge in [0.15, 0.2) is 0 Å². The number of nitrogens with zero attached hydrogens (tertiary/aromatic N) is 1. The normalized spacial score (nSPS) is 14.0. The Labute approximate surface area is 412 Å². The van der Waals surface area contributed by atoms with Crippen molar-refractivity contribution in [2.75, 3.05) is 40.9 Å². The molecule has 2 N–H and O–H groups in total. The Bertz CT molecular complexity index is 1080. The first kappa shape index (κ1) is 65.2. The Kier molecular flexibility index (Phi) is 48.7. The van der Waals surface area contributed by atoms with E-state index in [0.29, 0.717) is 23.9 Å². The van der Waals surface area contributed by atoms with Crippen LogP contribution >= 0.6 is 7.82 Å². The van der Waals surface area contributed by atoms with Gasteiger partial charge in [-0.2, -0.15) is 0 Å². The third kappa shape index (κ3) is 51.1. The van der Waals surface area contributed by atoms with Crippen molar-refractivity contribution in [3.63, 3.8) is 0 Å². The molecule has 1 amide bonds. The van der Waals surface area contributed by atoms with Gasteiger partial charge in [-0.15, -0.1) is 0 Å². The summed E-state index contributed by atoms with van der Waals surface area (Å²) in [6.07, 6.45) is 60.0. The summed E-state index contributed by atoms with van der Waals surface area (Å²) in [5.74, 6) is -0.161. The smallest absolute Gasteiger partial charge is 0.268 e. The first-order valence-electron chi connectivity index (χ1n) is 29.0. The summed E-state index contributed by atoms with van der Waals surface area (Å²) >= 11 is 0. The Morgan fingerprint density at radius 2 is 0.833 bits per heavy atom. The number of allylic oxidation sites excluding steroid dienone is 2. The lowest BCUT2D eigenvalue weighted by Gasteiger charge is -2.30. The SMILES string of the molecule is CCCCCCCCCC/C=C\CCCCCCCCCCCCCCCCCCCCCCCCCC(=O)NC(COP(=O)([O-])OCC[N+](C)(C)C)C(O)CCCCCCCCCCC. The van der Waals surface area contributed by atoms with Crippen LogP contribution in [-0.2, 0) is 18.4 Å². The van der Waals surface area contributed by atoms with Crippen molar-refractivity contribution < 1.29 is 32.9 Å². The molecule has 8 nitrogen and oxygen atoms in total. The van der Waals surface area contributed by atoms with Gasteiger partial charge in [0.25, 0.3) is 7.82 Å². The number of amides is 1. The number of quaternary nitrogens is 1. The molecule has 0 aliphatic carbocycles. The number of carbonyl (C=O) groups is 1. The van der Waals surface area contributed by atoms with E-state index in [4.69, 9.17) is 9.05 Å². The molecule has 0 spiro atoms. The fourth-order valence-corrected chi connectivity index (χ4v) is 9.64. The summed E-state index contributed by atoms with van der Waals surface area (Å²) in [6, 6.07) is -0.794. The van der Waals surface area contributed by atoms with Gasteiger partial charge in [0.2, 0.25) is 5.91 Å². The van der Waals surface area contributed by atoms with Crippen LogP contribution in [0.1, 0.15) is 296 Å². The lowest BCUT2D eigenvalue weighted by molar-refractivity contribution is -0.870. The average molecular weight is 956 g/mol. The number of rotatable bonds is 54. The summed E-state index contributed by atoms with van der Waals surface area (Å²) in [6.45, 7) is 4.72. The fraction of sp³-hybridized carbons (Fsp3) is 0.947. The van der Waals surface area contributed by atoms with Crippen molar-refractivity contribution in [3.8, 4) is 0 Å². The van der Waals surface area contributed by atoms with Crippen LogP contribution in [0.4, 0.5) is 0 Å². The van der Waals surface area contributed by atoms with Gasteiger partial charge in [-0.3, -0.25) is 9.36 Å². The van der Waals surface area contributed by atoms with E-state index in [1.165, 1.54) is 231 Å². The highest BCUT2D eigenvalue weighted by molar-refractivity contribution is 7.45. The van der Waals surface area contributed by atoms with E-state index >= 15 is 0 Å². The number of nitrogens with one attached hydrogen (secondary N) is 1. The fourth-order valence-electron chi connectivity index (χ4n) is 8.92. The number of phosphoric acid groups is 1. The minimum absolute atomic E-state index is 0.0151. The second kappa shape index (κ2) is 49.2. The van der Waals surface area contributed by atoms with E-state index in [9.17, 15) is 19.4 Å². The topological polar surface area (TPSA) is 108 Å². The number of phosphoric ester groups is 1. The molecule has 0 rings (SSSR count). The second-order valence-corrected chi connectivity index (χ2v) is 22.8. The van der Waals surface area contributed by atoms with Crippen molar-refractivity contribution in [2.45, 2.75) is 309 Å². The molecule has 0 heterocycles. The summed E-state index contributed by atoms with van der Waals surface area (Å²) in [5.41, 5.74) is 0. The molecule has 0 bridgehead atoms. The lowest BCUT2D eigenvalue weighted by atomic mass is 10.0. The predicted molar refractivity (Wildman–Crippen MR) is 284 cm³/mol. The molecule has 0 aromatic carbocycles. The van der Waals surface area contributed by atoms with Crippen LogP contribution in [0.3, 0.4) is 0 Å². The van der Waals surface area contributed by atoms with E-state index in [1.54, 1.807) is 0 Å². The number of hydrogen-bond acceptors (Lipinski definition) is 6. The molecule has 3 unspecified atom stereocenters. The van der Waals surface area contributed by atoms with E-state index < -0.39 is 20.0 Å². The largest absolute Gasteiger partial charge is 0.756 e. The second-order valence-electron chi connectivity index (χ2n) is 21.4. The molecule has 0 saturated carbocycles. The molecule has 3 atom stereocenters. The molecule has 0 fully saturated rings. The third-order valence-corrected chi connectivity index (χ3v) is 14.5. The van der Waals surface area contributed by atoms with Crippen molar-refractivity contribution >= 4 is 13.7 Å². The van der Waals surface area contributed by atoms with Gasteiger partial charge in [-0.25, -0.2) is 0 Å². The first-order chi connectivity index (χ1) is 32.0. The van der Waals surface area contributed by atoms with Gasteiger partial charge in [-0.05, 0) is 38.5 Å². The van der Waals surface area contributed by atoms with Crippen molar-refractivity contribution in [1.82, 2.24) is 5.32 Å². The molecule has 9 heteroatoms. The van der Waals surface area contributed by atoms with E-state index in [1.807, 2.05) is 21.1 Å². The minimum Gasteiger partial charge on any atom is -0.756 e. The zero-order valence-electron chi connectivity index (χ0n) is 44.9. The highest BCUT2D eigenvalue weighted by Gasteiger charge is 2.24. The highest BCUT2D eigenvalue weighted by atomic mass is 31.2. The first-order valence-corrected chi connectivity index (χ1v) is 30.5. The van der Waals surface area contributed by atoms with Gasteiger partial charge in [0, 0.05) is 6.42 Å². The number of aliphatic hydroxyl groups is 1. The number of unbranched alkanes of at least 4 members (excludes halogenated alkanes) is 39. The average Bonchev–Trinajstić information content (AvgIpc) is 3.28. The number of carbonyl (C=O) groups excluding carboxylic acids is 1. The minimum atomic E-state index is -4.56. The van der Waals surface area contributed by atoms with Gasteiger partial charge >= 0.3 is 0 Å². The summed E-state index contributed by atoms with van der Waals surface area (Å²) in [5, 5.41) is 13.9. The maximum Gasteiger partial charge on any atom is 0.268 e. The van der Waals surface area contributed by atoms with Crippen LogP contribution in [0.15, 0.2) is 12.2 Å². The molecule has 0 aliphatic rings. The monoisotopic (exact) mass is 955 g/mol. The quantitative estimate of drug-likeness (QED) is 0.0272. The molecule has 0 radical (unpaired) electrons. The molecular formula is C57H115N2O6P. The molecule has 0 aliphatic heterocycles. The zero-order valence-corrected chi connectivity index (χ0v) is 45.8. The number of aliphatic hydroxyl groups excluding tert-OH is 1. The van der Waals surface area contributed by atoms with Crippen LogP contribution in [0, 0.1) is 0 Å². The van der Waals surface area contributed by atoms with Crippen LogP contribution in [-0.4, -0.2) is 68.5 Å². The van der Waals surface area contributed by atoms with Crippen LogP contribution < -0.4 is 10.2 Å². The summed E-state index contributed by atoms with van der Waals surface area (Å²) in [7, 11) is 1.32. The molecule has 394 valence electrons. The van der Waals surface area contributed by atoms with Gasteiger partial charge in [-0.1, -0.05) is 264 Å². The summed E-state index contributed by atoms with van der Waals surface area (Å²) < 4.78 is 23.3. The standard InChI is InChI=1S/C57H115N2O6P/c1-6-8-10-12-14-16-17-18-19-20-21-22-23-24-25-26-27-28-29-30-31-32-33-34-35-36-37-38-39-40-41-43-45-47-49-51-57(61)58-55(54-65-66(62,63)64-53-52-59(3,4)5)56(60)50-48-46-44-42-15-13-11-9-7-2/h20-21,55-56,60H,6-19,22-54H2,1-5H3,(H-,58,61,62,63)/b21-20-. The molecule has 0 aromatic rings. The van der Waals surface area contributed by atoms with Gasteiger partial charge < -0.3 is 28.8 Å². The lowest BCUT2D eigenvalue weighted by Crippen LogP contribution is -2.46. The maximum atomic E-state index is 12.9. The van der Waals surface area contributed by atoms with Gasteiger partial charge in [0.05, 0.1) is 39.9 Å². The molecule has 0 saturated heterocycles.